The Hall–Kier alpha value is -2.43. The molecular formula is C34H44Si2. The van der Waals surface area contributed by atoms with Crippen molar-refractivity contribution in [3.05, 3.63) is 105 Å². The van der Waals surface area contributed by atoms with Crippen molar-refractivity contribution in [2.24, 2.45) is 5.92 Å². The lowest BCUT2D eigenvalue weighted by molar-refractivity contribution is 0.851. The maximum atomic E-state index is 2.57. The minimum Gasteiger partial charge on any atom is -0.0656 e. The molecule has 3 aromatic carbocycles. The molecule has 1 aliphatic rings. The van der Waals surface area contributed by atoms with Crippen LogP contribution < -0.4 is 20.7 Å². The van der Waals surface area contributed by atoms with E-state index in [1.807, 2.05) is 0 Å². The molecule has 36 heavy (non-hydrogen) atoms. The molecule has 2 unspecified atom stereocenters. The summed E-state index contributed by atoms with van der Waals surface area (Å²) in [6.45, 7) is 26.5. The van der Waals surface area contributed by atoms with Gasteiger partial charge in [0.15, 0.2) is 8.07 Å². The summed E-state index contributed by atoms with van der Waals surface area (Å²) >= 11 is 0. The molecule has 4 rings (SSSR count). The molecule has 0 heterocycles. The number of aryl methyl sites for hydroxylation is 3. The topological polar surface area (TPSA) is 0 Å². The molecule has 1 aliphatic carbocycles. The zero-order valence-electron chi connectivity index (χ0n) is 24.4. The Bertz CT molecular complexity index is 1360. The fourth-order valence-corrected chi connectivity index (χ4v) is 15.5. The standard InChI is InChI=1S/C34H44Si2/c1-22-20-31(35(9,10)11)29(8)32(21-22)36(30-18-13-12-14-19-30,33-23(2)16-15-17-24(33)3)34-27(6)25(4)26(5)28(34)7/h12-21,27H,1-11H3. The van der Waals surface area contributed by atoms with Gasteiger partial charge in [0.05, 0.1) is 8.07 Å². The zero-order valence-corrected chi connectivity index (χ0v) is 26.4. The maximum absolute atomic E-state index is 2.62. The van der Waals surface area contributed by atoms with Crippen LogP contribution in [0, 0.1) is 33.6 Å². The van der Waals surface area contributed by atoms with Gasteiger partial charge in [-0.05, 0) is 75.5 Å². The van der Waals surface area contributed by atoms with Gasteiger partial charge in [0.2, 0.25) is 0 Å². The number of benzene rings is 3. The molecule has 0 bridgehead atoms. The van der Waals surface area contributed by atoms with Gasteiger partial charge < -0.3 is 0 Å². The second kappa shape index (κ2) is 9.46. The van der Waals surface area contributed by atoms with Crippen LogP contribution in [0.4, 0.5) is 0 Å². The van der Waals surface area contributed by atoms with E-state index in [0.29, 0.717) is 5.92 Å². The van der Waals surface area contributed by atoms with E-state index in [4.69, 9.17) is 0 Å². The van der Waals surface area contributed by atoms with Crippen molar-refractivity contribution >= 4 is 36.9 Å². The molecule has 0 radical (unpaired) electrons. The summed E-state index contributed by atoms with van der Waals surface area (Å²) in [5.74, 6) is 0.436. The minimum absolute atomic E-state index is 0.436. The lowest BCUT2D eigenvalue weighted by Gasteiger charge is -2.42. The summed E-state index contributed by atoms with van der Waals surface area (Å²) < 4.78 is 0. The van der Waals surface area contributed by atoms with Crippen LogP contribution >= 0.6 is 0 Å². The Morgan fingerprint density at radius 2 is 1.19 bits per heavy atom. The molecule has 0 fully saturated rings. The van der Waals surface area contributed by atoms with Crippen molar-refractivity contribution < 1.29 is 0 Å². The Morgan fingerprint density at radius 3 is 1.69 bits per heavy atom. The Kier molecular flexibility index (Phi) is 7.00. The van der Waals surface area contributed by atoms with E-state index in [1.54, 1.807) is 20.8 Å². The van der Waals surface area contributed by atoms with Crippen LogP contribution in [0.25, 0.3) is 0 Å². The van der Waals surface area contributed by atoms with Crippen molar-refractivity contribution in [1.29, 1.82) is 0 Å². The average molecular weight is 509 g/mol. The van der Waals surface area contributed by atoms with Crippen molar-refractivity contribution in [1.82, 2.24) is 0 Å². The van der Waals surface area contributed by atoms with Gasteiger partial charge in [-0.25, -0.2) is 0 Å². The fraction of sp³-hybridized carbons (Fsp3) is 0.353. The van der Waals surface area contributed by atoms with Crippen molar-refractivity contribution in [2.45, 2.75) is 75.0 Å². The summed E-state index contributed by atoms with van der Waals surface area (Å²) in [4.78, 5) is 0. The van der Waals surface area contributed by atoms with Gasteiger partial charge in [0, 0.05) is 0 Å². The molecule has 0 amide bonds. The third-order valence-electron chi connectivity index (χ3n) is 8.87. The predicted octanol–water partition coefficient (Wildman–Crippen LogP) is 6.78. The van der Waals surface area contributed by atoms with E-state index in [0.717, 1.165) is 0 Å². The Labute approximate surface area is 222 Å². The molecule has 2 atom stereocenters. The Morgan fingerprint density at radius 1 is 0.639 bits per heavy atom. The normalized spacial score (nSPS) is 18.1. The molecule has 3 aromatic rings. The quantitative estimate of drug-likeness (QED) is 0.263. The minimum atomic E-state index is -2.62. The smallest absolute Gasteiger partial charge is 0.0656 e. The van der Waals surface area contributed by atoms with Gasteiger partial charge in [0.1, 0.15) is 0 Å². The highest BCUT2D eigenvalue weighted by Gasteiger charge is 2.50. The van der Waals surface area contributed by atoms with Crippen molar-refractivity contribution in [3.63, 3.8) is 0 Å². The molecule has 0 saturated heterocycles. The van der Waals surface area contributed by atoms with E-state index in [9.17, 15) is 0 Å². The van der Waals surface area contributed by atoms with Gasteiger partial charge in [-0.3, -0.25) is 0 Å². The van der Waals surface area contributed by atoms with Crippen molar-refractivity contribution in [3.8, 4) is 0 Å². The average Bonchev–Trinajstić information content (AvgIpc) is 3.01. The van der Waals surface area contributed by atoms with Gasteiger partial charge in [-0.1, -0.05) is 131 Å². The predicted molar refractivity (Wildman–Crippen MR) is 166 cm³/mol. The largest absolute Gasteiger partial charge is 0.177 e. The highest BCUT2D eigenvalue weighted by Crippen LogP contribution is 2.42. The summed E-state index contributed by atoms with van der Waals surface area (Å²) in [7, 11) is -4.17. The zero-order chi connectivity index (χ0) is 26.6. The third kappa shape index (κ3) is 4.03. The first-order valence-corrected chi connectivity index (χ1v) is 19.0. The Balaban J connectivity index is 2.34. The molecule has 188 valence electrons. The molecule has 0 spiro atoms. The fourth-order valence-electron chi connectivity index (χ4n) is 6.96. The summed E-state index contributed by atoms with van der Waals surface area (Å²) in [5.41, 5.74) is 10.3. The molecule has 2 heteroatoms. The van der Waals surface area contributed by atoms with Crippen LogP contribution in [-0.4, -0.2) is 16.1 Å². The van der Waals surface area contributed by atoms with Crippen LogP contribution in [0.1, 0.15) is 49.9 Å². The number of allylic oxidation sites excluding steroid dienone is 4. The molecular weight excluding hydrogens is 465 g/mol. The first-order valence-electron chi connectivity index (χ1n) is 13.5. The molecule has 0 aliphatic heterocycles. The molecule has 0 N–H and O–H groups in total. The second-order valence-electron chi connectivity index (χ2n) is 12.2. The molecule has 0 nitrogen and oxygen atoms in total. The molecule has 0 aromatic heterocycles. The SMILES string of the molecule is CC1=C(C)C(C)C([Si](c2ccccc2)(c2cc(C)cc([Si](C)(C)C)c2C)c2c(C)cccc2C)=C1C. The number of rotatable bonds is 5. The summed E-state index contributed by atoms with van der Waals surface area (Å²) in [6.07, 6.45) is 0. The lowest BCUT2D eigenvalue weighted by atomic mass is 10.1. The van der Waals surface area contributed by atoms with E-state index in [1.165, 1.54) is 44.2 Å². The van der Waals surface area contributed by atoms with Crippen LogP contribution in [0.5, 0.6) is 0 Å². The monoisotopic (exact) mass is 508 g/mol. The van der Waals surface area contributed by atoms with Crippen LogP contribution in [0.15, 0.2) is 82.6 Å². The number of hydrogen-bond donors (Lipinski definition) is 0. The van der Waals surface area contributed by atoms with E-state index in [2.05, 4.69) is 136 Å². The van der Waals surface area contributed by atoms with E-state index in [-0.39, 0.29) is 0 Å². The van der Waals surface area contributed by atoms with Gasteiger partial charge >= 0.3 is 0 Å². The highest BCUT2D eigenvalue weighted by atomic mass is 28.3. The lowest BCUT2D eigenvalue weighted by Crippen LogP contribution is -2.72. The maximum Gasteiger partial charge on any atom is 0.177 e. The van der Waals surface area contributed by atoms with Gasteiger partial charge in [0.25, 0.3) is 0 Å². The van der Waals surface area contributed by atoms with Crippen LogP contribution in [0.3, 0.4) is 0 Å². The first-order chi connectivity index (χ1) is 16.8. The summed E-state index contributed by atoms with van der Waals surface area (Å²) in [6, 6.07) is 23.6. The van der Waals surface area contributed by atoms with Crippen molar-refractivity contribution in [2.75, 3.05) is 0 Å². The molecule has 0 saturated carbocycles. The van der Waals surface area contributed by atoms with Crippen LogP contribution in [-0.2, 0) is 0 Å². The number of hydrogen-bond acceptors (Lipinski definition) is 0. The van der Waals surface area contributed by atoms with Crippen LogP contribution in [0.2, 0.25) is 19.6 Å². The second-order valence-corrected chi connectivity index (χ2v) is 20.9. The van der Waals surface area contributed by atoms with Gasteiger partial charge in [-0.15, -0.1) is 0 Å². The van der Waals surface area contributed by atoms with Gasteiger partial charge in [-0.2, -0.15) is 0 Å². The first kappa shape index (κ1) is 26.6. The third-order valence-corrected chi connectivity index (χ3v) is 16.7. The summed E-state index contributed by atoms with van der Waals surface area (Å²) in [5, 5.41) is 8.02. The highest BCUT2D eigenvalue weighted by molar-refractivity contribution is 7.17. The van der Waals surface area contributed by atoms with E-state index >= 15 is 0 Å². The van der Waals surface area contributed by atoms with E-state index < -0.39 is 16.1 Å².